The van der Waals surface area contributed by atoms with Gasteiger partial charge in [-0.2, -0.15) is 0 Å². The number of hydrogen-bond acceptors (Lipinski definition) is 3. The van der Waals surface area contributed by atoms with E-state index in [1.165, 1.54) is 52.2 Å². The molecule has 0 atom stereocenters. The van der Waals surface area contributed by atoms with Gasteiger partial charge in [-0.05, 0) is 25.9 Å². The largest absolute Gasteiger partial charge is 0.314 e. The molecule has 0 radical (unpaired) electrons. The predicted molar refractivity (Wildman–Crippen MR) is 54.9 cm³/mol. The van der Waals surface area contributed by atoms with Crippen LogP contribution in [0.3, 0.4) is 0 Å². The molecule has 76 valence electrons. The third kappa shape index (κ3) is 2.66. The average Bonchev–Trinajstić information content (AvgIpc) is 2.12. The molecule has 0 bridgehead atoms. The Morgan fingerprint density at radius 2 is 1.92 bits per heavy atom. The number of nitrogens with zero attached hydrogens (tertiary/aromatic N) is 2. The van der Waals surface area contributed by atoms with Crippen LogP contribution in [0.25, 0.3) is 0 Å². The van der Waals surface area contributed by atoms with Gasteiger partial charge in [0.25, 0.3) is 0 Å². The van der Waals surface area contributed by atoms with E-state index in [9.17, 15) is 0 Å². The summed E-state index contributed by atoms with van der Waals surface area (Å²) in [6.45, 7) is 8.85. The summed E-state index contributed by atoms with van der Waals surface area (Å²) in [5.41, 5.74) is 0. The summed E-state index contributed by atoms with van der Waals surface area (Å²) < 4.78 is 0. The predicted octanol–water partition coefficient (Wildman–Crippen LogP) is -0.157. The third-order valence-corrected chi connectivity index (χ3v) is 3.20. The van der Waals surface area contributed by atoms with Crippen molar-refractivity contribution in [2.24, 2.45) is 5.92 Å². The van der Waals surface area contributed by atoms with E-state index in [1.807, 2.05) is 0 Å². The molecule has 3 nitrogen and oxygen atoms in total. The number of nitrogens with one attached hydrogen (secondary N) is 1. The fraction of sp³-hybridized carbons (Fsp3) is 1.00. The van der Waals surface area contributed by atoms with E-state index in [1.54, 1.807) is 0 Å². The van der Waals surface area contributed by atoms with Crippen LogP contribution in [0.2, 0.25) is 0 Å². The zero-order valence-corrected chi connectivity index (χ0v) is 8.63. The van der Waals surface area contributed by atoms with Crippen molar-refractivity contribution < 1.29 is 0 Å². The molecular formula is C10H21N3. The van der Waals surface area contributed by atoms with Crippen molar-refractivity contribution in [3.05, 3.63) is 0 Å². The van der Waals surface area contributed by atoms with E-state index in [0.717, 1.165) is 5.92 Å². The van der Waals surface area contributed by atoms with Crippen LogP contribution in [0, 0.1) is 5.92 Å². The highest BCUT2D eigenvalue weighted by Gasteiger charge is 2.23. The van der Waals surface area contributed by atoms with Gasteiger partial charge in [0, 0.05) is 39.3 Å². The van der Waals surface area contributed by atoms with E-state index in [0.29, 0.717) is 0 Å². The first kappa shape index (κ1) is 9.44. The van der Waals surface area contributed by atoms with Crippen LogP contribution in [-0.4, -0.2) is 62.7 Å². The van der Waals surface area contributed by atoms with E-state index >= 15 is 0 Å². The van der Waals surface area contributed by atoms with Crippen LogP contribution in [0.1, 0.15) is 6.42 Å². The molecule has 0 saturated carbocycles. The molecule has 2 aliphatic rings. The van der Waals surface area contributed by atoms with Gasteiger partial charge in [0.1, 0.15) is 0 Å². The molecular weight excluding hydrogens is 162 g/mol. The minimum absolute atomic E-state index is 0.986. The lowest BCUT2D eigenvalue weighted by molar-refractivity contribution is 0.109. The molecule has 0 aromatic carbocycles. The second-order valence-electron chi connectivity index (χ2n) is 4.47. The van der Waals surface area contributed by atoms with Crippen molar-refractivity contribution in [3.8, 4) is 0 Å². The van der Waals surface area contributed by atoms with Crippen molar-refractivity contribution >= 4 is 0 Å². The molecule has 0 amide bonds. The van der Waals surface area contributed by atoms with Crippen molar-refractivity contribution in [2.45, 2.75) is 6.42 Å². The van der Waals surface area contributed by atoms with E-state index in [-0.39, 0.29) is 0 Å². The van der Waals surface area contributed by atoms with Crippen LogP contribution in [0.5, 0.6) is 0 Å². The minimum Gasteiger partial charge on any atom is -0.314 e. The van der Waals surface area contributed by atoms with Gasteiger partial charge in [0.05, 0.1) is 0 Å². The van der Waals surface area contributed by atoms with Crippen molar-refractivity contribution in [3.63, 3.8) is 0 Å². The summed E-state index contributed by atoms with van der Waals surface area (Å²) in [4.78, 5) is 5.00. The standard InChI is InChI=1S/C10H21N3/c1-12-8-10(9-12)2-5-13-6-3-11-4-7-13/h10-11H,2-9H2,1H3. The highest BCUT2D eigenvalue weighted by atomic mass is 15.2. The monoisotopic (exact) mass is 183 g/mol. The molecule has 2 fully saturated rings. The third-order valence-electron chi connectivity index (χ3n) is 3.20. The second kappa shape index (κ2) is 4.40. The van der Waals surface area contributed by atoms with Gasteiger partial charge in [-0.15, -0.1) is 0 Å². The summed E-state index contributed by atoms with van der Waals surface area (Å²) in [7, 11) is 2.21. The molecule has 0 unspecified atom stereocenters. The van der Waals surface area contributed by atoms with E-state index in [2.05, 4.69) is 22.2 Å². The topological polar surface area (TPSA) is 18.5 Å². The van der Waals surface area contributed by atoms with Crippen molar-refractivity contribution in [1.82, 2.24) is 15.1 Å². The summed E-state index contributed by atoms with van der Waals surface area (Å²) in [6, 6.07) is 0. The lowest BCUT2D eigenvalue weighted by atomic mass is 9.97. The fourth-order valence-corrected chi connectivity index (χ4v) is 2.31. The highest BCUT2D eigenvalue weighted by molar-refractivity contribution is 4.78. The zero-order chi connectivity index (χ0) is 9.10. The molecule has 0 aliphatic carbocycles. The minimum atomic E-state index is 0.986. The molecule has 2 heterocycles. The number of hydrogen-bond donors (Lipinski definition) is 1. The number of likely N-dealkylation sites (tertiary alicyclic amines) is 1. The smallest absolute Gasteiger partial charge is 0.0107 e. The molecule has 2 aliphatic heterocycles. The van der Waals surface area contributed by atoms with Crippen molar-refractivity contribution in [1.29, 1.82) is 0 Å². The molecule has 2 saturated heterocycles. The van der Waals surface area contributed by atoms with Gasteiger partial charge in [0.2, 0.25) is 0 Å². The second-order valence-corrected chi connectivity index (χ2v) is 4.47. The Balaban J connectivity index is 1.56. The van der Waals surface area contributed by atoms with Crippen LogP contribution in [-0.2, 0) is 0 Å². The molecule has 3 heteroatoms. The molecule has 0 aromatic rings. The first-order valence-electron chi connectivity index (χ1n) is 5.46. The molecule has 0 spiro atoms. The maximum atomic E-state index is 3.39. The maximum Gasteiger partial charge on any atom is 0.0107 e. The van der Waals surface area contributed by atoms with E-state index in [4.69, 9.17) is 0 Å². The van der Waals surface area contributed by atoms with Crippen LogP contribution >= 0.6 is 0 Å². The SMILES string of the molecule is CN1CC(CCN2CCNCC2)C1. The van der Waals surface area contributed by atoms with Gasteiger partial charge in [0.15, 0.2) is 0 Å². The van der Waals surface area contributed by atoms with Gasteiger partial charge < -0.3 is 15.1 Å². The van der Waals surface area contributed by atoms with Gasteiger partial charge in [-0.1, -0.05) is 0 Å². The normalized spacial score (nSPS) is 27.5. The molecule has 0 aromatic heterocycles. The lowest BCUT2D eigenvalue weighted by Gasteiger charge is -2.38. The summed E-state index contributed by atoms with van der Waals surface area (Å²) in [5.74, 6) is 0.986. The van der Waals surface area contributed by atoms with Crippen LogP contribution in [0.15, 0.2) is 0 Å². The average molecular weight is 183 g/mol. The Morgan fingerprint density at radius 1 is 1.23 bits per heavy atom. The Labute approximate surface area is 81.1 Å². The Kier molecular flexibility index (Phi) is 3.19. The van der Waals surface area contributed by atoms with Gasteiger partial charge in [-0.25, -0.2) is 0 Å². The number of rotatable bonds is 3. The summed E-state index contributed by atoms with van der Waals surface area (Å²) in [5, 5.41) is 3.39. The van der Waals surface area contributed by atoms with Crippen molar-refractivity contribution in [2.75, 3.05) is 52.9 Å². The quantitative estimate of drug-likeness (QED) is 0.656. The van der Waals surface area contributed by atoms with Gasteiger partial charge in [-0.3, -0.25) is 0 Å². The zero-order valence-electron chi connectivity index (χ0n) is 8.63. The highest BCUT2D eigenvalue weighted by Crippen LogP contribution is 2.16. The van der Waals surface area contributed by atoms with Crippen LogP contribution < -0.4 is 5.32 Å². The number of piperazine rings is 1. The molecule has 2 rings (SSSR count). The Morgan fingerprint density at radius 3 is 2.54 bits per heavy atom. The van der Waals surface area contributed by atoms with Crippen LogP contribution in [0.4, 0.5) is 0 Å². The maximum absolute atomic E-state index is 3.39. The lowest BCUT2D eigenvalue weighted by Crippen LogP contribution is -2.47. The fourth-order valence-electron chi connectivity index (χ4n) is 2.31. The molecule has 13 heavy (non-hydrogen) atoms. The first-order valence-corrected chi connectivity index (χ1v) is 5.46. The van der Waals surface area contributed by atoms with Gasteiger partial charge >= 0.3 is 0 Å². The Hall–Kier alpha value is -0.120. The van der Waals surface area contributed by atoms with E-state index < -0.39 is 0 Å². The summed E-state index contributed by atoms with van der Waals surface area (Å²) in [6.07, 6.45) is 1.41. The Bertz CT molecular complexity index is 148. The summed E-state index contributed by atoms with van der Waals surface area (Å²) >= 11 is 0. The molecule has 1 N–H and O–H groups in total. The first-order chi connectivity index (χ1) is 6.34.